The molecule has 2 aliphatic rings. The van der Waals surface area contributed by atoms with Crippen molar-refractivity contribution >= 4 is 0 Å². The van der Waals surface area contributed by atoms with Gasteiger partial charge >= 0.3 is 0 Å². The number of hydrogen-bond acceptors (Lipinski definition) is 4. The van der Waals surface area contributed by atoms with Gasteiger partial charge in [0, 0.05) is 12.1 Å². The third-order valence-electron chi connectivity index (χ3n) is 6.45. The Morgan fingerprint density at radius 1 is 0.667 bits per heavy atom. The van der Waals surface area contributed by atoms with Gasteiger partial charge in [-0.05, 0) is 12.8 Å². The van der Waals surface area contributed by atoms with Crippen LogP contribution in [0, 0.1) is 10.4 Å². The first-order valence-electron chi connectivity index (χ1n) is 12.6. The molecule has 2 aliphatic heterocycles. The van der Waals surface area contributed by atoms with Gasteiger partial charge in [-0.1, -0.05) is 110 Å². The molecule has 0 saturated carbocycles. The third-order valence-corrected chi connectivity index (χ3v) is 6.45. The Morgan fingerprint density at radius 2 is 1.13 bits per heavy atom. The predicted octanol–water partition coefficient (Wildman–Crippen LogP) is 6.55. The van der Waals surface area contributed by atoms with E-state index >= 15 is 0 Å². The molecule has 1 atom stereocenters. The van der Waals surface area contributed by atoms with Crippen molar-refractivity contribution in [1.82, 2.24) is 9.97 Å². The monoisotopic (exact) mass is 414 g/mol. The highest BCUT2D eigenvalue weighted by atomic mass is 16.1. The van der Waals surface area contributed by atoms with Crippen molar-refractivity contribution in [3.05, 3.63) is 43.0 Å². The van der Waals surface area contributed by atoms with Crippen LogP contribution in [0.4, 0.5) is 0 Å². The summed E-state index contributed by atoms with van der Waals surface area (Å²) in [6.07, 6.45) is 22.8. The predicted molar refractivity (Wildman–Crippen MR) is 125 cm³/mol. The summed E-state index contributed by atoms with van der Waals surface area (Å²) in [5.41, 5.74) is 0.204. The normalized spacial score (nSPS) is 12.7. The van der Waals surface area contributed by atoms with Crippen molar-refractivity contribution in [2.75, 3.05) is 0 Å². The van der Waals surface area contributed by atoms with E-state index in [1.807, 2.05) is 0 Å². The van der Waals surface area contributed by atoms with Crippen LogP contribution in [-0.4, -0.2) is 9.97 Å². The lowest BCUT2D eigenvalue weighted by Gasteiger charge is -2.15. The van der Waals surface area contributed by atoms with Gasteiger partial charge < -0.3 is 0 Å². The largest absolute Gasteiger partial charge is 0.279 e. The van der Waals surface area contributed by atoms with Crippen molar-refractivity contribution in [2.45, 2.75) is 129 Å². The maximum atomic E-state index is 12.2. The average Bonchev–Trinajstić information content (AvgIpc) is 3.28. The molecule has 2 heterocycles. The molecular weight excluding hydrogens is 372 g/mol. The average molecular weight is 415 g/mol. The molecule has 0 aliphatic carbocycles. The van der Waals surface area contributed by atoms with Crippen LogP contribution in [0.2, 0.25) is 0 Å². The topological polar surface area (TPSA) is 59.9 Å². The van der Waals surface area contributed by atoms with Gasteiger partial charge in [0.2, 0.25) is 0 Å². The van der Waals surface area contributed by atoms with Crippen molar-refractivity contribution in [1.29, 1.82) is 0 Å². The number of unbranched alkanes of at least 4 members (excludes halogenated alkanes) is 13. The van der Waals surface area contributed by atoms with Gasteiger partial charge in [0.15, 0.2) is 0 Å². The van der Waals surface area contributed by atoms with E-state index in [-0.39, 0.29) is 17.0 Å². The van der Waals surface area contributed by atoms with Gasteiger partial charge in [-0.3, -0.25) is 9.59 Å². The van der Waals surface area contributed by atoms with E-state index in [9.17, 15) is 9.59 Å². The molecule has 168 valence electrons. The van der Waals surface area contributed by atoms with Gasteiger partial charge in [-0.25, -0.2) is 9.97 Å². The molecule has 30 heavy (non-hydrogen) atoms. The molecule has 0 N–H and O–H groups in total. The molecule has 0 aromatic heterocycles. The molecule has 2 rings (SSSR count). The molecule has 1 unspecified atom stereocenters. The lowest BCUT2D eigenvalue weighted by molar-refractivity contribution is 0.477. The van der Waals surface area contributed by atoms with E-state index in [1.165, 1.54) is 89.7 Å². The van der Waals surface area contributed by atoms with Crippen LogP contribution in [-0.2, 0) is 0 Å². The number of rotatable bonds is 18. The number of aromatic nitrogens is 2. The summed E-state index contributed by atoms with van der Waals surface area (Å²) in [7, 11) is 0. The van der Waals surface area contributed by atoms with E-state index in [0.29, 0.717) is 10.4 Å². The Morgan fingerprint density at radius 3 is 1.63 bits per heavy atom. The fraction of sp³-hybridized carbons (Fsp3) is 0.769. The minimum Gasteiger partial charge on any atom is -0.267 e. The summed E-state index contributed by atoms with van der Waals surface area (Å²) >= 11 is 0. The molecule has 0 amide bonds. The Hall–Kier alpha value is -1.58. The van der Waals surface area contributed by atoms with Gasteiger partial charge in [0.05, 0.1) is 16.1 Å². The smallest absolute Gasteiger partial charge is 0.267 e. The van der Waals surface area contributed by atoms with E-state index in [0.717, 1.165) is 31.4 Å². The third kappa shape index (κ3) is 7.92. The zero-order valence-electron chi connectivity index (χ0n) is 19.4. The van der Waals surface area contributed by atoms with Gasteiger partial charge in [0.25, 0.3) is 11.1 Å². The van der Waals surface area contributed by atoms with Gasteiger partial charge in [0.1, 0.15) is 0 Å². The van der Waals surface area contributed by atoms with Gasteiger partial charge in [-0.15, -0.1) is 0 Å². The Balaban J connectivity index is 1.85. The number of hydrogen-bond donors (Lipinski definition) is 0. The molecule has 4 nitrogen and oxygen atoms in total. The molecule has 0 fully saturated rings. The van der Waals surface area contributed by atoms with Crippen molar-refractivity contribution in [3.8, 4) is 0 Å². The molecule has 0 saturated heterocycles. The summed E-state index contributed by atoms with van der Waals surface area (Å²) in [6, 6.07) is 0. The number of nitrogens with zero attached hydrogens (tertiary/aromatic N) is 2. The molecule has 0 spiro atoms. The highest BCUT2D eigenvalue weighted by molar-refractivity contribution is 5.19. The van der Waals surface area contributed by atoms with Crippen LogP contribution in [0.3, 0.4) is 0 Å². The second kappa shape index (κ2) is 14.4. The lowest BCUT2D eigenvalue weighted by atomic mass is 9.90. The maximum absolute atomic E-state index is 12.2. The van der Waals surface area contributed by atoms with Crippen LogP contribution < -0.4 is 11.1 Å². The van der Waals surface area contributed by atoms with Crippen molar-refractivity contribution in [3.63, 3.8) is 0 Å². The minimum absolute atomic E-state index is 0.225. The highest BCUT2D eigenvalue weighted by Crippen LogP contribution is 2.28. The summed E-state index contributed by atoms with van der Waals surface area (Å²) in [4.78, 5) is 32.5. The van der Waals surface area contributed by atoms with Crippen LogP contribution in [0.5, 0.6) is 0 Å². The van der Waals surface area contributed by atoms with Crippen molar-refractivity contribution < 1.29 is 0 Å². The van der Waals surface area contributed by atoms with E-state index in [4.69, 9.17) is 0 Å². The molecule has 0 aromatic rings. The summed E-state index contributed by atoms with van der Waals surface area (Å²) in [6.45, 7) is 4.50. The highest BCUT2D eigenvalue weighted by Gasteiger charge is 2.20. The summed E-state index contributed by atoms with van der Waals surface area (Å²) < 4.78 is 0. The zero-order valence-corrected chi connectivity index (χ0v) is 19.4. The second-order valence-corrected chi connectivity index (χ2v) is 9.02. The Kier molecular flexibility index (Phi) is 11.9. The first-order valence-corrected chi connectivity index (χ1v) is 12.6. The van der Waals surface area contributed by atoms with Crippen LogP contribution in [0.25, 0.3) is 0 Å². The Labute approximate surface area is 182 Å². The Bertz CT molecular complexity index is 836. The van der Waals surface area contributed by atoms with Crippen LogP contribution in [0.15, 0.2) is 15.8 Å². The minimum atomic E-state index is -0.269. The van der Waals surface area contributed by atoms with E-state index in [1.54, 1.807) is 0 Å². The second-order valence-electron chi connectivity index (χ2n) is 9.02. The van der Waals surface area contributed by atoms with E-state index in [2.05, 4.69) is 23.8 Å². The standard InChI is InChI=1S/C26H42N2O2/c1-3-5-7-9-11-12-13-15-17-19-21(18-16-14-10-8-6-4-2)24-23-22(25(29)28-24)20-27-26(23)30/h20-21H,3-19H2,1-2H3. The first-order chi connectivity index (χ1) is 14.7. The molecule has 0 radical (unpaired) electrons. The van der Waals surface area contributed by atoms with Crippen LogP contribution in [0.1, 0.15) is 135 Å². The summed E-state index contributed by atoms with van der Waals surface area (Å²) in [5.74, 6) is 0.225. The first kappa shape index (κ1) is 24.7. The van der Waals surface area contributed by atoms with Crippen LogP contribution >= 0.6 is 0 Å². The fourth-order valence-corrected chi connectivity index (χ4v) is 4.59. The van der Waals surface area contributed by atoms with Gasteiger partial charge in [-0.2, -0.15) is 0 Å². The summed E-state index contributed by atoms with van der Waals surface area (Å²) in [5, 5.41) is 0.932. The van der Waals surface area contributed by atoms with E-state index < -0.39 is 0 Å². The quantitative estimate of drug-likeness (QED) is 0.259. The molecule has 4 heteroatoms. The molecule has 0 aromatic carbocycles. The molecular formula is C26H42N2O2. The fourth-order valence-electron chi connectivity index (χ4n) is 4.59. The SMILES string of the molecule is CCCCCCCCCCCC(CCCCCCCC)c1nc(=O)c2cnc(=O)c1=2. The lowest BCUT2D eigenvalue weighted by Crippen LogP contribution is -2.09. The molecule has 0 bridgehead atoms. The zero-order chi connectivity index (χ0) is 21.6. The maximum Gasteiger partial charge on any atom is 0.279 e. The van der Waals surface area contributed by atoms with Crippen molar-refractivity contribution in [2.24, 2.45) is 0 Å².